The second kappa shape index (κ2) is 16.3. The molecule has 0 saturated heterocycles. The van der Waals surface area contributed by atoms with Crippen molar-refractivity contribution in [1.82, 2.24) is 14.8 Å². The zero-order chi connectivity index (χ0) is 32.3. The van der Waals surface area contributed by atoms with E-state index >= 15 is 0 Å². The fraction of sp³-hybridized carbons (Fsp3) is 0.341. The zero-order valence-electron chi connectivity index (χ0n) is 27.9. The van der Waals surface area contributed by atoms with Gasteiger partial charge in [-0.2, -0.15) is 0 Å². The Morgan fingerprint density at radius 3 is 2.26 bits per heavy atom. The van der Waals surface area contributed by atoms with Crippen LogP contribution in [0, 0.1) is 6.92 Å². The summed E-state index contributed by atoms with van der Waals surface area (Å²) in [4.78, 5) is 16.1. The van der Waals surface area contributed by atoms with Crippen molar-refractivity contribution in [3.63, 3.8) is 0 Å². The molecule has 4 aromatic carbocycles. The molecule has 0 aliphatic heterocycles. The molecule has 5 nitrogen and oxygen atoms in total. The smallest absolute Gasteiger partial charge is 0.221 e. The molecule has 0 aliphatic rings. The molecule has 240 valence electrons. The van der Waals surface area contributed by atoms with Crippen molar-refractivity contribution in [1.29, 1.82) is 0 Å². The maximum absolute atomic E-state index is 13.7. The number of hydrogen-bond acceptors (Lipinski definition) is 3. The molecule has 0 radical (unpaired) electrons. The number of carbonyl (C=O) groups excluding carboxylic acids is 1. The fourth-order valence-electron chi connectivity index (χ4n) is 6.27. The minimum atomic E-state index is -0.102. The summed E-state index contributed by atoms with van der Waals surface area (Å²) in [7, 11) is 0. The first-order chi connectivity index (χ1) is 22.4. The van der Waals surface area contributed by atoms with Crippen LogP contribution in [-0.4, -0.2) is 41.1 Å². The van der Waals surface area contributed by atoms with E-state index in [9.17, 15) is 4.79 Å². The molecular formula is C41H49N3O2. The van der Waals surface area contributed by atoms with E-state index in [0.717, 1.165) is 55.9 Å². The van der Waals surface area contributed by atoms with Crippen molar-refractivity contribution < 1.29 is 9.53 Å². The Kier molecular flexibility index (Phi) is 11.7. The van der Waals surface area contributed by atoms with Crippen molar-refractivity contribution in [3.05, 3.63) is 137 Å². The predicted molar refractivity (Wildman–Crippen MR) is 191 cm³/mol. The van der Waals surface area contributed by atoms with Gasteiger partial charge in [0.2, 0.25) is 5.91 Å². The molecule has 0 saturated carbocycles. The highest BCUT2D eigenvalue weighted by atomic mass is 16.5. The van der Waals surface area contributed by atoms with Crippen LogP contribution in [0.5, 0.6) is 5.75 Å². The second-order valence-corrected chi connectivity index (χ2v) is 12.5. The van der Waals surface area contributed by atoms with Crippen molar-refractivity contribution in [2.24, 2.45) is 0 Å². The van der Waals surface area contributed by atoms with Crippen molar-refractivity contribution in [2.75, 3.05) is 19.6 Å². The van der Waals surface area contributed by atoms with Crippen LogP contribution >= 0.6 is 0 Å². The van der Waals surface area contributed by atoms with Crippen LogP contribution in [0.4, 0.5) is 0 Å². The SMILES string of the molecule is CCN(CC)CCCC(C)NC(=O)CC(c1ccc(OCc2ccccc2)cc1)c1cn(Cc2ccc(C)cc2)c2ccccc12. The van der Waals surface area contributed by atoms with Gasteiger partial charge in [0.15, 0.2) is 0 Å². The highest BCUT2D eigenvalue weighted by Gasteiger charge is 2.24. The van der Waals surface area contributed by atoms with Crippen molar-refractivity contribution >= 4 is 16.8 Å². The lowest BCUT2D eigenvalue weighted by Gasteiger charge is -2.21. The minimum absolute atomic E-state index is 0.0834. The molecule has 1 amide bonds. The number of para-hydroxylation sites is 1. The van der Waals surface area contributed by atoms with Gasteiger partial charge in [-0.25, -0.2) is 0 Å². The van der Waals surface area contributed by atoms with Gasteiger partial charge in [-0.05, 0) is 86.8 Å². The molecule has 0 spiro atoms. The Morgan fingerprint density at radius 1 is 0.848 bits per heavy atom. The van der Waals surface area contributed by atoms with Gasteiger partial charge in [0, 0.05) is 42.0 Å². The van der Waals surface area contributed by atoms with E-state index in [0.29, 0.717) is 13.0 Å². The lowest BCUT2D eigenvalue weighted by molar-refractivity contribution is -0.121. The Bertz CT molecular complexity index is 1650. The first-order valence-electron chi connectivity index (χ1n) is 16.8. The third-order valence-corrected chi connectivity index (χ3v) is 9.00. The van der Waals surface area contributed by atoms with Crippen molar-refractivity contribution in [3.8, 4) is 5.75 Å². The third kappa shape index (κ3) is 8.88. The molecule has 1 heterocycles. The van der Waals surface area contributed by atoms with Crippen LogP contribution in [0.1, 0.15) is 73.8 Å². The summed E-state index contributed by atoms with van der Waals surface area (Å²) < 4.78 is 8.43. The van der Waals surface area contributed by atoms with E-state index in [-0.39, 0.29) is 17.9 Å². The van der Waals surface area contributed by atoms with Crippen LogP contribution in [-0.2, 0) is 17.9 Å². The maximum Gasteiger partial charge on any atom is 0.221 e. The number of benzene rings is 4. The largest absolute Gasteiger partial charge is 0.489 e. The summed E-state index contributed by atoms with van der Waals surface area (Å²) in [5, 5.41) is 4.50. The predicted octanol–water partition coefficient (Wildman–Crippen LogP) is 8.73. The number of fused-ring (bicyclic) bond motifs is 1. The molecule has 2 atom stereocenters. The Hall–Kier alpha value is -4.35. The van der Waals surface area contributed by atoms with E-state index in [4.69, 9.17) is 4.74 Å². The molecular weight excluding hydrogens is 566 g/mol. The van der Waals surface area contributed by atoms with Gasteiger partial charge in [-0.15, -0.1) is 0 Å². The topological polar surface area (TPSA) is 46.5 Å². The average Bonchev–Trinajstić information content (AvgIpc) is 3.44. The van der Waals surface area contributed by atoms with Gasteiger partial charge < -0.3 is 19.5 Å². The van der Waals surface area contributed by atoms with Gasteiger partial charge in [-0.3, -0.25) is 4.79 Å². The number of amides is 1. The summed E-state index contributed by atoms with van der Waals surface area (Å²) in [5.74, 6) is 0.801. The molecule has 0 aliphatic carbocycles. The Balaban J connectivity index is 1.39. The fourth-order valence-corrected chi connectivity index (χ4v) is 6.27. The van der Waals surface area contributed by atoms with Gasteiger partial charge in [-0.1, -0.05) is 104 Å². The average molecular weight is 616 g/mol. The highest BCUT2D eigenvalue weighted by Crippen LogP contribution is 2.36. The van der Waals surface area contributed by atoms with Crippen molar-refractivity contribution in [2.45, 2.75) is 72.1 Å². The Labute approximate surface area is 275 Å². The molecule has 1 aromatic heterocycles. The molecule has 1 N–H and O–H groups in total. The summed E-state index contributed by atoms with van der Waals surface area (Å²) in [6.07, 6.45) is 4.68. The number of rotatable bonds is 16. The van der Waals surface area contributed by atoms with Crippen LogP contribution in [0.15, 0.2) is 109 Å². The van der Waals surface area contributed by atoms with Crippen LogP contribution in [0.2, 0.25) is 0 Å². The van der Waals surface area contributed by atoms with Gasteiger partial charge in [0.1, 0.15) is 12.4 Å². The molecule has 0 bridgehead atoms. The molecule has 5 heteroatoms. The van der Waals surface area contributed by atoms with Gasteiger partial charge in [0.05, 0.1) is 0 Å². The van der Waals surface area contributed by atoms with Gasteiger partial charge >= 0.3 is 0 Å². The zero-order valence-corrected chi connectivity index (χ0v) is 27.9. The molecule has 5 aromatic rings. The standard InChI is InChI=1S/C41H49N3O2/c1-5-43(6-2)26-12-13-32(4)42-41(45)27-38(35-22-24-36(25-23-35)46-30-34-14-8-7-9-15-34)39-29-44(40-17-11-10-16-37(39)40)28-33-20-18-31(3)19-21-33/h7-11,14-25,29,32,38H,5-6,12-13,26-28,30H2,1-4H3,(H,42,45). The van der Waals surface area contributed by atoms with Crippen LogP contribution in [0.25, 0.3) is 10.9 Å². The van der Waals surface area contributed by atoms with E-state index in [1.54, 1.807) is 0 Å². The number of ether oxygens (including phenoxy) is 1. The third-order valence-electron chi connectivity index (χ3n) is 9.00. The normalized spacial score (nSPS) is 12.7. The van der Waals surface area contributed by atoms with Crippen LogP contribution < -0.4 is 10.1 Å². The van der Waals surface area contributed by atoms with E-state index in [1.165, 1.54) is 27.6 Å². The second-order valence-electron chi connectivity index (χ2n) is 12.5. The molecule has 2 unspecified atom stereocenters. The quantitative estimate of drug-likeness (QED) is 0.121. The first-order valence-corrected chi connectivity index (χ1v) is 16.8. The first kappa shape index (κ1) is 33.0. The highest BCUT2D eigenvalue weighted by molar-refractivity contribution is 5.87. The maximum atomic E-state index is 13.7. The van der Waals surface area contributed by atoms with E-state index in [2.05, 4.69) is 121 Å². The van der Waals surface area contributed by atoms with E-state index in [1.807, 2.05) is 30.3 Å². The summed E-state index contributed by atoms with van der Waals surface area (Å²) in [5.41, 5.74) is 7.10. The number of aromatic nitrogens is 1. The number of aryl methyl sites for hydroxylation is 1. The number of nitrogens with zero attached hydrogens (tertiary/aromatic N) is 2. The lowest BCUT2D eigenvalue weighted by Crippen LogP contribution is -2.34. The lowest BCUT2D eigenvalue weighted by atomic mass is 9.88. The monoisotopic (exact) mass is 615 g/mol. The van der Waals surface area contributed by atoms with Gasteiger partial charge in [0.25, 0.3) is 0 Å². The number of hydrogen-bond donors (Lipinski definition) is 1. The summed E-state index contributed by atoms with van der Waals surface area (Å²) in [6, 6.07) is 35.9. The summed E-state index contributed by atoms with van der Waals surface area (Å²) >= 11 is 0. The van der Waals surface area contributed by atoms with E-state index < -0.39 is 0 Å². The molecule has 0 fully saturated rings. The number of nitrogens with one attached hydrogen (secondary N) is 1. The molecule has 46 heavy (non-hydrogen) atoms. The minimum Gasteiger partial charge on any atom is -0.489 e. The molecule has 5 rings (SSSR count). The number of carbonyl (C=O) groups is 1. The summed E-state index contributed by atoms with van der Waals surface area (Å²) in [6.45, 7) is 13.1. The van der Waals surface area contributed by atoms with Crippen LogP contribution in [0.3, 0.4) is 0 Å². The Morgan fingerprint density at radius 2 is 1.54 bits per heavy atom.